The largest absolute Gasteiger partial charge is 0.508 e. The van der Waals surface area contributed by atoms with Crippen molar-refractivity contribution in [2.45, 2.75) is 110 Å². The Labute approximate surface area is 244 Å². The Morgan fingerprint density at radius 2 is 1.68 bits per heavy atom. The second-order valence-electron chi connectivity index (χ2n) is 12.1. The fraction of sp³-hybridized carbons (Fsp3) is 0.545. The highest BCUT2D eigenvalue weighted by atomic mass is 16.6. The number of ether oxygens (including phenoxy) is 1. The Bertz CT molecular complexity index is 1150. The molecule has 0 spiro atoms. The van der Waals surface area contributed by atoms with Crippen LogP contribution in [0.3, 0.4) is 0 Å². The third-order valence-corrected chi connectivity index (χ3v) is 7.40. The number of hydrogen-bond acceptors (Lipinski definition) is 5. The van der Waals surface area contributed by atoms with Crippen LogP contribution in [-0.4, -0.2) is 52.1 Å². The first-order chi connectivity index (χ1) is 19.5. The van der Waals surface area contributed by atoms with Crippen molar-refractivity contribution in [1.82, 2.24) is 15.5 Å². The molecule has 0 bridgehead atoms. The van der Waals surface area contributed by atoms with Crippen molar-refractivity contribution in [1.29, 1.82) is 0 Å². The van der Waals surface area contributed by atoms with Gasteiger partial charge in [0.25, 0.3) is 0 Å². The number of phenolic OH excluding ortho intramolecular Hbond substituents is 1. The second-order valence-corrected chi connectivity index (χ2v) is 12.1. The van der Waals surface area contributed by atoms with Gasteiger partial charge in [-0.15, -0.1) is 0 Å². The van der Waals surface area contributed by atoms with Crippen molar-refractivity contribution in [3.05, 3.63) is 65.2 Å². The molecule has 1 aliphatic carbocycles. The van der Waals surface area contributed by atoms with Gasteiger partial charge in [0.15, 0.2) is 0 Å². The molecule has 2 aromatic rings. The van der Waals surface area contributed by atoms with Crippen LogP contribution in [0.5, 0.6) is 5.75 Å². The molecule has 1 fully saturated rings. The lowest BCUT2D eigenvalue weighted by atomic mass is 9.93. The number of amides is 3. The fourth-order valence-corrected chi connectivity index (χ4v) is 5.28. The zero-order valence-corrected chi connectivity index (χ0v) is 25.2. The first-order valence-electron chi connectivity index (χ1n) is 14.9. The predicted octanol–water partition coefficient (Wildman–Crippen LogP) is 5.96. The molecule has 1 aliphatic rings. The number of nitrogens with zero attached hydrogens (tertiary/aromatic N) is 1. The van der Waals surface area contributed by atoms with Crippen LogP contribution in [-0.2, 0) is 20.7 Å². The molecule has 2 atom stereocenters. The number of carbonyl (C=O) groups is 3. The van der Waals surface area contributed by atoms with Gasteiger partial charge < -0.3 is 25.4 Å². The van der Waals surface area contributed by atoms with Gasteiger partial charge in [0.05, 0.1) is 0 Å². The Morgan fingerprint density at radius 3 is 2.29 bits per heavy atom. The number of unbranched alkanes of at least 4 members (excludes halogenated alkanes) is 1. The number of alkyl carbamates (subject to hydrolysis) is 1. The minimum absolute atomic E-state index is 0.0820. The summed E-state index contributed by atoms with van der Waals surface area (Å²) >= 11 is 0. The smallest absolute Gasteiger partial charge is 0.408 e. The highest BCUT2D eigenvalue weighted by Gasteiger charge is 2.37. The topological polar surface area (TPSA) is 108 Å². The Hall–Kier alpha value is -3.55. The molecule has 2 aromatic carbocycles. The molecule has 0 aliphatic heterocycles. The first-order valence-corrected chi connectivity index (χ1v) is 14.9. The van der Waals surface area contributed by atoms with Gasteiger partial charge in [-0.05, 0) is 75.8 Å². The van der Waals surface area contributed by atoms with Crippen molar-refractivity contribution in [2.24, 2.45) is 0 Å². The quantitative estimate of drug-likeness (QED) is 0.312. The van der Waals surface area contributed by atoms with Crippen LogP contribution in [0.25, 0.3) is 0 Å². The molecule has 0 saturated heterocycles. The van der Waals surface area contributed by atoms with Crippen molar-refractivity contribution in [3.63, 3.8) is 0 Å². The van der Waals surface area contributed by atoms with Gasteiger partial charge in [0.2, 0.25) is 11.8 Å². The maximum Gasteiger partial charge on any atom is 0.408 e. The minimum atomic E-state index is -0.986. The summed E-state index contributed by atoms with van der Waals surface area (Å²) in [5, 5.41) is 15.8. The van der Waals surface area contributed by atoms with E-state index in [1.165, 1.54) is 6.42 Å². The highest BCUT2D eigenvalue weighted by molar-refractivity contribution is 5.92. The molecular formula is C33H47N3O5. The van der Waals surface area contributed by atoms with E-state index in [-0.39, 0.29) is 30.0 Å². The van der Waals surface area contributed by atoms with Gasteiger partial charge in [0.1, 0.15) is 23.4 Å². The minimum Gasteiger partial charge on any atom is -0.508 e. The number of benzene rings is 2. The summed E-state index contributed by atoms with van der Waals surface area (Å²) in [6, 6.07) is 12.4. The van der Waals surface area contributed by atoms with Gasteiger partial charge >= 0.3 is 6.09 Å². The van der Waals surface area contributed by atoms with Crippen LogP contribution in [0.2, 0.25) is 0 Å². The predicted molar refractivity (Wildman–Crippen MR) is 161 cm³/mol. The van der Waals surface area contributed by atoms with E-state index in [0.717, 1.165) is 48.8 Å². The van der Waals surface area contributed by atoms with Crippen LogP contribution >= 0.6 is 0 Å². The zero-order chi connectivity index (χ0) is 30.0. The molecule has 1 saturated carbocycles. The van der Waals surface area contributed by atoms with E-state index < -0.39 is 23.8 Å². The molecule has 3 amide bonds. The molecule has 0 heterocycles. The van der Waals surface area contributed by atoms with Gasteiger partial charge in [-0.2, -0.15) is 0 Å². The monoisotopic (exact) mass is 565 g/mol. The molecule has 8 nitrogen and oxygen atoms in total. The Balaban J connectivity index is 2.01. The van der Waals surface area contributed by atoms with Crippen LogP contribution in [0.4, 0.5) is 4.79 Å². The number of hydrogen-bond donors (Lipinski definition) is 3. The van der Waals surface area contributed by atoms with Crippen LogP contribution in [0.15, 0.2) is 48.5 Å². The van der Waals surface area contributed by atoms with E-state index in [9.17, 15) is 19.5 Å². The summed E-state index contributed by atoms with van der Waals surface area (Å²) in [7, 11) is 0. The number of phenols is 1. The van der Waals surface area contributed by atoms with Crippen molar-refractivity contribution in [2.75, 3.05) is 6.54 Å². The summed E-state index contributed by atoms with van der Waals surface area (Å²) in [6.45, 7) is 9.64. The van der Waals surface area contributed by atoms with Crippen molar-refractivity contribution < 1.29 is 24.2 Å². The summed E-state index contributed by atoms with van der Waals surface area (Å²) in [6.07, 6.45) is 6.18. The molecule has 3 rings (SSSR count). The molecule has 41 heavy (non-hydrogen) atoms. The fourth-order valence-electron chi connectivity index (χ4n) is 5.28. The summed E-state index contributed by atoms with van der Waals surface area (Å²) < 4.78 is 5.51. The number of nitrogens with one attached hydrogen (secondary N) is 2. The van der Waals surface area contributed by atoms with Gasteiger partial charge in [-0.25, -0.2) is 4.79 Å². The van der Waals surface area contributed by atoms with E-state index in [1.807, 2.05) is 38.1 Å². The Kier molecular flexibility index (Phi) is 11.6. The maximum absolute atomic E-state index is 14.5. The molecule has 0 aromatic heterocycles. The summed E-state index contributed by atoms with van der Waals surface area (Å²) in [5.74, 6) is -0.443. The lowest BCUT2D eigenvalue weighted by molar-refractivity contribution is -0.143. The number of aromatic hydroxyl groups is 1. The van der Waals surface area contributed by atoms with Gasteiger partial charge in [-0.1, -0.05) is 69.0 Å². The van der Waals surface area contributed by atoms with E-state index in [2.05, 4.69) is 10.6 Å². The van der Waals surface area contributed by atoms with Crippen molar-refractivity contribution in [3.8, 4) is 5.75 Å². The third-order valence-electron chi connectivity index (χ3n) is 7.40. The Morgan fingerprint density at radius 1 is 1.02 bits per heavy atom. The average Bonchev–Trinajstić information content (AvgIpc) is 2.91. The highest BCUT2D eigenvalue weighted by Crippen LogP contribution is 2.28. The molecule has 3 N–H and O–H groups in total. The molecule has 2 unspecified atom stereocenters. The first kappa shape index (κ1) is 32.0. The molecular weight excluding hydrogens is 518 g/mol. The van der Waals surface area contributed by atoms with Crippen molar-refractivity contribution >= 4 is 17.9 Å². The standard InChI is InChI=1S/C33H47N3O5/c1-6-7-21-36(29(27-16-12-11-13-23(27)2)30(38)34-25-14-9-8-10-15-25)31(39)28(35-32(40)41-33(3,4)5)22-24-17-19-26(37)20-18-24/h11-13,16-20,25,28-29,37H,6-10,14-15,21-22H2,1-5H3,(H,34,38)(H,35,40). The van der Waals surface area contributed by atoms with Crippen LogP contribution < -0.4 is 10.6 Å². The molecule has 224 valence electrons. The zero-order valence-electron chi connectivity index (χ0n) is 25.2. The van der Waals surface area contributed by atoms with E-state index in [1.54, 1.807) is 49.9 Å². The second kappa shape index (κ2) is 14.9. The van der Waals surface area contributed by atoms with Gasteiger partial charge in [0, 0.05) is 19.0 Å². The summed E-state index contributed by atoms with van der Waals surface area (Å²) in [5.41, 5.74) is 1.69. The number of rotatable bonds is 11. The average molecular weight is 566 g/mol. The SMILES string of the molecule is CCCCN(C(=O)C(Cc1ccc(O)cc1)NC(=O)OC(C)(C)C)C(C(=O)NC1CCCCC1)c1ccccc1C. The number of carbonyl (C=O) groups excluding carboxylic acids is 3. The van der Waals surface area contributed by atoms with E-state index in [4.69, 9.17) is 4.74 Å². The van der Waals surface area contributed by atoms with E-state index >= 15 is 0 Å². The molecule has 0 radical (unpaired) electrons. The van der Waals surface area contributed by atoms with Crippen LogP contribution in [0, 0.1) is 6.92 Å². The van der Waals surface area contributed by atoms with Crippen LogP contribution in [0.1, 0.15) is 95.4 Å². The maximum atomic E-state index is 14.5. The molecule has 8 heteroatoms. The van der Waals surface area contributed by atoms with Gasteiger partial charge in [-0.3, -0.25) is 9.59 Å². The third kappa shape index (κ3) is 9.80. The lowest BCUT2D eigenvalue weighted by Crippen LogP contribution is -2.54. The summed E-state index contributed by atoms with van der Waals surface area (Å²) in [4.78, 5) is 43.1. The van der Waals surface area contributed by atoms with E-state index in [0.29, 0.717) is 13.0 Å². The normalized spacial score (nSPS) is 15.4. The number of aryl methyl sites for hydroxylation is 1. The lowest BCUT2D eigenvalue weighted by Gasteiger charge is -2.36.